The Labute approximate surface area is 158 Å². The Kier molecular flexibility index (Phi) is 5.03. The quantitative estimate of drug-likeness (QED) is 0.804. The summed E-state index contributed by atoms with van der Waals surface area (Å²) in [6.07, 6.45) is 0.561. The van der Waals surface area contributed by atoms with Gasteiger partial charge in [-0.3, -0.25) is 9.48 Å². The van der Waals surface area contributed by atoms with Gasteiger partial charge in [-0.2, -0.15) is 5.10 Å². The van der Waals surface area contributed by atoms with Crippen LogP contribution in [0.2, 0.25) is 0 Å². The van der Waals surface area contributed by atoms with E-state index < -0.39 is 0 Å². The van der Waals surface area contributed by atoms with Crippen molar-refractivity contribution >= 4 is 5.91 Å². The van der Waals surface area contributed by atoms with Gasteiger partial charge in [0.25, 0.3) is 0 Å². The zero-order chi connectivity index (χ0) is 18.8. The zero-order valence-corrected chi connectivity index (χ0v) is 15.8. The smallest absolute Gasteiger partial charge is 0.228 e. The molecule has 144 valence electrons. The normalized spacial score (nSPS) is 21.3. The van der Waals surface area contributed by atoms with Gasteiger partial charge in [0.1, 0.15) is 6.61 Å². The first-order valence-corrected chi connectivity index (χ1v) is 9.34. The number of hydrogen-bond acceptors (Lipinski definition) is 5. The van der Waals surface area contributed by atoms with Gasteiger partial charge in [0, 0.05) is 13.7 Å². The summed E-state index contributed by atoms with van der Waals surface area (Å²) < 4.78 is 19.1. The third-order valence-corrected chi connectivity index (χ3v) is 5.03. The van der Waals surface area contributed by atoms with E-state index in [2.05, 4.69) is 5.10 Å². The molecule has 4 rings (SSSR count). The van der Waals surface area contributed by atoms with Gasteiger partial charge in [-0.25, -0.2) is 0 Å². The SMILES string of the molecule is Cc1cc(CN(C[C@@H]2COc3ccccc3O2)C(=O)[C@@H]2CCOC2)n(C)n1. The fraction of sp³-hybridized carbons (Fsp3) is 0.500. The topological polar surface area (TPSA) is 65.8 Å². The monoisotopic (exact) mass is 371 g/mol. The van der Waals surface area contributed by atoms with Crippen LogP contribution >= 0.6 is 0 Å². The molecular formula is C20H25N3O4. The van der Waals surface area contributed by atoms with E-state index in [4.69, 9.17) is 14.2 Å². The first-order chi connectivity index (χ1) is 13.1. The summed E-state index contributed by atoms with van der Waals surface area (Å²) in [6, 6.07) is 9.63. The first kappa shape index (κ1) is 17.9. The van der Waals surface area contributed by atoms with Gasteiger partial charge in [0.15, 0.2) is 17.6 Å². The molecule has 1 amide bonds. The fourth-order valence-corrected chi connectivity index (χ4v) is 3.63. The molecule has 2 aliphatic heterocycles. The average molecular weight is 371 g/mol. The summed E-state index contributed by atoms with van der Waals surface area (Å²) >= 11 is 0. The molecule has 1 aromatic heterocycles. The van der Waals surface area contributed by atoms with Crippen LogP contribution in [-0.2, 0) is 23.1 Å². The molecule has 7 heteroatoms. The van der Waals surface area contributed by atoms with Crippen molar-refractivity contribution in [2.24, 2.45) is 13.0 Å². The minimum atomic E-state index is -0.208. The summed E-state index contributed by atoms with van der Waals surface area (Å²) in [7, 11) is 1.90. The van der Waals surface area contributed by atoms with Crippen molar-refractivity contribution < 1.29 is 19.0 Å². The van der Waals surface area contributed by atoms with Crippen LogP contribution in [0.25, 0.3) is 0 Å². The van der Waals surface area contributed by atoms with E-state index in [0.29, 0.717) is 32.9 Å². The van der Waals surface area contributed by atoms with Crippen molar-refractivity contribution in [3.63, 3.8) is 0 Å². The molecule has 0 aliphatic carbocycles. The number of nitrogens with zero attached hydrogens (tertiary/aromatic N) is 3. The molecule has 1 aromatic carbocycles. The van der Waals surface area contributed by atoms with E-state index in [1.165, 1.54) is 0 Å². The van der Waals surface area contributed by atoms with Crippen LogP contribution in [0.15, 0.2) is 30.3 Å². The Balaban J connectivity index is 1.51. The maximum absolute atomic E-state index is 13.1. The first-order valence-electron chi connectivity index (χ1n) is 9.34. The van der Waals surface area contributed by atoms with Crippen molar-refractivity contribution in [2.45, 2.75) is 26.0 Å². The largest absolute Gasteiger partial charge is 0.486 e. The number of ether oxygens (including phenoxy) is 3. The van der Waals surface area contributed by atoms with E-state index in [9.17, 15) is 4.79 Å². The molecule has 0 bridgehead atoms. The molecule has 0 saturated carbocycles. The molecule has 0 N–H and O–H groups in total. The molecule has 27 heavy (non-hydrogen) atoms. The maximum Gasteiger partial charge on any atom is 0.228 e. The molecule has 1 saturated heterocycles. The van der Waals surface area contributed by atoms with Gasteiger partial charge in [-0.15, -0.1) is 0 Å². The third-order valence-electron chi connectivity index (χ3n) is 5.03. The van der Waals surface area contributed by atoms with Gasteiger partial charge < -0.3 is 19.1 Å². The number of carbonyl (C=O) groups excluding carboxylic acids is 1. The molecule has 2 aliphatic rings. The second-order valence-corrected chi connectivity index (χ2v) is 7.18. The molecule has 0 spiro atoms. The maximum atomic E-state index is 13.1. The van der Waals surface area contributed by atoms with Crippen molar-refractivity contribution in [1.29, 1.82) is 0 Å². The fourth-order valence-electron chi connectivity index (χ4n) is 3.63. The summed E-state index contributed by atoms with van der Waals surface area (Å²) in [6.45, 7) is 4.47. The molecule has 1 fully saturated rings. The molecule has 2 aromatic rings. The Morgan fingerprint density at radius 3 is 2.81 bits per heavy atom. The van der Waals surface area contributed by atoms with E-state index in [-0.39, 0.29) is 17.9 Å². The van der Waals surface area contributed by atoms with Crippen molar-refractivity contribution in [1.82, 2.24) is 14.7 Å². The Morgan fingerprint density at radius 1 is 1.30 bits per heavy atom. The highest BCUT2D eigenvalue weighted by atomic mass is 16.6. The Morgan fingerprint density at radius 2 is 2.11 bits per heavy atom. The van der Waals surface area contributed by atoms with E-state index in [0.717, 1.165) is 29.3 Å². The number of carbonyl (C=O) groups is 1. The van der Waals surface area contributed by atoms with Crippen LogP contribution in [0.1, 0.15) is 17.8 Å². The number of rotatable bonds is 5. The number of aromatic nitrogens is 2. The third kappa shape index (κ3) is 3.93. The summed E-state index contributed by atoms with van der Waals surface area (Å²) in [4.78, 5) is 15.0. The summed E-state index contributed by atoms with van der Waals surface area (Å²) in [5, 5.41) is 4.40. The van der Waals surface area contributed by atoms with Gasteiger partial charge in [0.05, 0.1) is 37.0 Å². The highest BCUT2D eigenvalue weighted by Crippen LogP contribution is 2.31. The lowest BCUT2D eigenvalue weighted by atomic mass is 10.1. The lowest BCUT2D eigenvalue weighted by molar-refractivity contribution is -0.137. The van der Waals surface area contributed by atoms with Crippen molar-refractivity contribution in [3.05, 3.63) is 41.7 Å². The van der Waals surface area contributed by atoms with E-state index in [1.54, 1.807) is 0 Å². The van der Waals surface area contributed by atoms with Crippen LogP contribution in [0.5, 0.6) is 11.5 Å². The Bertz CT molecular complexity index is 813. The summed E-state index contributed by atoms with van der Waals surface area (Å²) in [5.41, 5.74) is 1.94. The molecular weight excluding hydrogens is 346 g/mol. The second-order valence-electron chi connectivity index (χ2n) is 7.18. The Hall–Kier alpha value is -2.54. The predicted octanol–water partition coefficient (Wildman–Crippen LogP) is 1.93. The van der Waals surface area contributed by atoms with E-state index >= 15 is 0 Å². The number of hydrogen-bond donors (Lipinski definition) is 0. The number of para-hydroxylation sites is 2. The number of aryl methyl sites for hydroxylation is 2. The van der Waals surface area contributed by atoms with Crippen molar-refractivity contribution in [3.8, 4) is 11.5 Å². The number of benzene rings is 1. The number of amides is 1. The van der Waals surface area contributed by atoms with Crippen LogP contribution in [-0.4, -0.2) is 53.1 Å². The molecule has 3 heterocycles. The summed E-state index contributed by atoms with van der Waals surface area (Å²) in [5.74, 6) is 1.49. The second kappa shape index (κ2) is 7.60. The van der Waals surface area contributed by atoms with Crippen molar-refractivity contribution in [2.75, 3.05) is 26.4 Å². The van der Waals surface area contributed by atoms with Gasteiger partial charge in [-0.05, 0) is 31.5 Å². The molecule has 0 unspecified atom stereocenters. The lowest BCUT2D eigenvalue weighted by Gasteiger charge is -2.32. The van der Waals surface area contributed by atoms with Crippen LogP contribution < -0.4 is 9.47 Å². The molecule has 2 atom stereocenters. The van der Waals surface area contributed by atoms with E-state index in [1.807, 2.05) is 53.9 Å². The van der Waals surface area contributed by atoms with Gasteiger partial charge in [0.2, 0.25) is 5.91 Å². The minimum Gasteiger partial charge on any atom is -0.486 e. The van der Waals surface area contributed by atoms with Gasteiger partial charge in [-0.1, -0.05) is 12.1 Å². The average Bonchev–Trinajstić information content (AvgIpc) is 3.30. The zero-order valence-electron chi connectivity index (χ0n) is 15.8. The van der Waals surface area contributed by atoms with Crippen LogP contribution in [0, 0.1) is 12.8 Å². The number of fused-ring (bicyclic) bond motifs is 1. The van der Waals surface area contributed by atoms with Crippen LogP contribution in [0.3, 0.4) is 0 Å². The highest BCUT2D eigenvalue weighted by molar-refractivity contribution is 5.79. The highest BCUT2D eigenvalue weighted by Gasteiger charge is 2.32. The van der Waals surface area contributed by atoms with Crippen LogP contribution in [0.4, 0.5) is 0 Å². The van der Waals surface area contributed by atoms with Gasteiger partial charge >= 0.3 is 0 Å². The lowest BCUT2D eigenvalue weighted by Crippen LogP contribution is -2.45. The predicted molar refractivity (Wildman–Crippen MR) is 98.6 cm³/mol. The molecule has 7 nitrogen and oxygen atoms in total. The molecule has 0 radical (unpaired) electrons. The minimum absolute atomic E-state index is 0.0869. The standard InChI is InChI=1S/C20H25N3O4/c1-14-9-16(22(2)21-14)10-23(20(24)15-7-8-25-12-15)11-17-13-26-18-5-3-4-6-19(18)27-17/h3-6,9,15,17H,7-8,10-13H2,1-2H3/t15-,17-/m1/s1.